The minimum absolute atomic E-state index is 0.591. The lowest BCUT2D eigenvalue weighted by atomic mass is 10.1. The first-order chi connectivity index (χ1) is 20.5. The highest BCUT2D eigenvalue weighted by Crippen LogP contribution is 2.23. The zero-order valence-electron chi connectivity index (χ0n) is 25.7. The molecule has 0 aliphatic carbocycles. The number of aliphatic hydroxyl groups is 2. The maximum absolute atomic E-state index is 9.52. The van der Waals surface area contributed by atoms with Gasteiger partial charge in [0.1, 0.15) is 18.4 Å². The van der Waals surface area contributed by atoms with Gasteiger partial charge in [0.15, 0.2) is 0 Å². The average Bonchev–Trinajstić information content (AvgIpc) is 3.20. The second-order valence-electron chi connectivity index (χ2n) is 10.1. The number of anilines is 1. The molecule has 0 aliphatic rings. The van der Waals surface area contributed by atoms with Crippen molar-refractivity contribution >= 4 is 49.0 Å². The summed E-state index contributed by atoms with van der Waals surface area (Å²) in [5.41, 5.74) is 8.52. The molecule has 3 N–H and O–H groups in total. The maximum atomic E-state index is 9.52. The standard InChI is InChI=1S/C26H29N4.2C2H6O4S/c1-18-8-7-15-27-26(18)30-19(2)16-21(20(30)3)9-11-23-12-10-22-17-24(28(4)5)13-14-25(22)29(23)6;2*3-1-2-7(4,5)6/h7-17H,1-6H3;2*3H,1-2H2,(H,4,5,6)/q+1;;/p-1. The lowest BCUT2D eigenvalue weighted by molar-refractivity contribution is -0.646. The van der Waals surface area contributed by atoms with E-state index in [-0.39, 0.29) is 0 Å². The number of hydrogen-bond acceptors (Lipinski definition) is 9. The first-order valence-corrected chi connectivity index (χ1v) is 16.7. The number of nitrogens with one attached hydrogen (secondary N) is 1. The third-order valence-electron chi connectivity index (χ3n) is 6.56. The SMILES string of the molecule is Cc1ccc[nH+]c1-n1c(C)cc(/C=C/c2ccc3cc(N(C)C)ccc3[n+]2C)c1C.O=S(=O)([O-])CCO.O=S(=O)([O-])CCO. The van der Waals surface area contributed by atoms with Crippen LogP contribution in [0.2, 0.25) is 0 Å². The Morgan fingerprint density at radius 1 is 0.909 bits per heavy atom. The summed E-state index contributed by atoms with van der Waals surface area (Å²) in [4.78, 5) is 5.53. The van der Waals surface area contributed by atoms with Crippen molar-refractivity contribution in [2.45, 2.75) is 20.8 Å². The first-order valence-electron chi connectivity index (χ1n) is 13.5. The van der Waals surface area contributed by atoms with Crippen molar-refractivity contribution in [2.24, 2.45) is 7.05 Å². The Balaban J connectivity index is 0.000000402. The van der Waals surface area contributed by atoms with Gasteiger partial charge in [-0.15, -0.1) is 0 Å². The molecule has 0 saturated carbocycles. The lowest BCUT2D eigenvalue weighted by Gasteiger charge is -2.12. The Hall–Kier alpha value is -3.66. The molecule has 14 heteroatoms. The third kappa shape index (κ3) is 10.8. The smallest absolute Gasteiger partial charge is 0.287 e. The van der Waals surface area contributed by atoms with Gasteiger partial charge in [-0.25, -0.2) is 26.4 Å². The van der Waals surface area contributed by atoms with Gasteiger partial charge in [0.25, 0.3) is 5.82 Å². The van der Waals surface area contributed by atoms with Crippen molar-refractivity contribution in [1.82, 2.24) is 4.57 Å². The van der Waals surface area contributed by atoms with Crippen LogP contribution in [-0.4, -0.2) is 79.5 Å². The normalized spacial score (nSPS) is 11.6. The fourth-order valence-electron chi connectivity index (χ4n) is 4.30. The summed E-state index contributed by atoms with van der Waals surface area (Å²) in [6.45, 7) is 5.29. The maximum Gasteiger partial charge on any atom is 0.287 e. The molecule has 0 spiro atoms. The molecule has 4 aromatic rings. The number of pyridine rings is 2. The predicted molar refractivity (Wildman–Crippen MR) is 168 cm³/mol. The van der Waals surface area contributed by atoms with E-state index in [1.54, 1.807) is 0 Å². The lowest BCUT2D eigenvalue weighted by Crippen LogP contribution is -2.32. The van der Waals surface area contributed by atoms with Gasteiger partial charge in [-0.05, 0) is 63.2 Å². The van der Waals surface area contributed by atoms with E-state index in [4.69, 9.17) is 10.2 Å². The minimum atomic E-state index is -4.17. The highest BCUT2D eigenvalue weighted by Gasteiger charge is 2.19. The van der Waals surface area contributed by atoms with Crippen LogP contribution in [-0.2, 0) is 27.3 Å². The number of aromatic amines is 1. The van der Waals surface area contributed by atoms with Crippen LogP contribution < -0.4 is 14.5 Å². The van der Waals surface area contributed by atoms with Crippen LogP contribution >= 0.6 is 0 Å². The minimum Gasteiger partial charge on any atom is -0.748 e. The van der Waals surface area contributed by atoms with Crippen LogP contribution in [0, 0.1) is 20.8 Å². The summed E-state index contributed by atoms with van der Waals surface area (Å²) in [5.74, 6) is -0.250. The van der Waals surface area contributed by atoms with Crippen molar-refractivity contribution < 1.29 is 45.7 Å². The van der Waals surface area contributed by atoms with Gasteiger partial charge in [0.2, 0.25) is 11.2 Å². The Bertz CT molecular complexity index is 1780. The van der Waals surface area contributed by atoms with Crippen molar-refractivity contribution in [1.29, 1.82) is 0 Å². The number of aromatic nitrogens is 3. The van der Waals surface area contributed by atoms with E-state index in [0.29, 0.717) is 0 Å². The zero-order valence-corrected chi connectivity index (χ0v) is 27.3. The predicted octanol–water partition coefficient (Wildman–Crippen LogP) is 1.48. The molecule has 240 valence electrons. The molecule has 44 heavy (non-hydrogen) atoms. The van der Waals surface area contributed by atoms with Gasteiger partial charge >= 0.3 is 0 Å². The zero-order chi connectivity index (χ0) is 33.2. The van der Waals surface area contributed by atoms with Crippen molar-refractivity contribution in [3.05, 3.63) is 82.9 Å². The van der Waals surface area contributed by atoms with Gasteiger partial charge in [-0.3, -0.25) is 0 Å². The van der Waals surface area contributed by atoms with Crippen LogP contribution in [0.5, 0.6) is 0 Å². The molecule has 0 unspecified atom stereocenters. The highest BCUT2D eigenvalue weighted by molar-refractivity contribution is 7.85. The number of H-pyrrole nitrogens is 1. The summed E-state index contributed by atoms with van der Waals surface area (Å²) in [7, 11) is -2.07. The molecule has 3 heterocycles. The summed E-state index contributed by atoms with van der Waals surface area (Å²) >= 11 is 0. The summed E-state index contributed by atoms with van der Waals surface area (Å²) in [5, 5.41) is 16.9. The van der Waals surface area contributed by atoms with E-state index in [1.807, 2.05) is 12.3 Å². The molecule has 0 aliphatic heterocycles. The van der Waals surface area contributed by atoms with E-state index >= 15 is 0 Å². The van der Waals surface area contributed by atoms with E-state index < -0.39 is 45.0 Å². The number of rotatable bonds is 8. The molecule has 0 fully saturated rings. The molecule has 0 amide bonds. The van der Waals surface area contributed by atoms with Crippen LogP contribution in [0.3, 0.4) is 0 Å². The molecule has 0 bridgehead atoms. The number of aryl methyl sites for hydroxylation is 3. The van der Waals surface area contributed by atoms with Gasteiger partial charge in [0, 0.05) is 54.5 Å². The number of hydrogen-bond donors (Lipinski definition) is 2. The average molecular weight is 649 g/mol. The molecule has 0 atom stereocenters. The molecule has 3 aromatic heterocycles. The summed E-state index contributed by atoms with van der Waals surface area (Å²) < 4.78 is 61.6. The van der Waals surface area contributed by atoms with Gasteiger partial charge in [0.05, 0.1) is 51.2 Å². The molecule has 0 saturated heterocycles. The molecule has 4 rings (SSSR count). The van der Waals surface area contributed by atoms with Crippen LogP contribution in [0.1, 0.15) is 28.2 Å². The van der Waals surface area contributed by atoms with Gasteiger partial charge in [-0.2, -0.15) is 4.57 Å². The summed E-state index contributed by atoms with van der Waals surface area (Å²) in [6.07, 6.45) is 6.40. The van der Waals surface area contributed by atoms with E-state index in [0.717, 1.165) is 5.82 Å². The van der Waals surface area contributed by atoms with Crippen LogP contribution in [0.15, 0.2) is 54.7 Å². The first kappa shape index (κ1) is 36.5. The molecule has 12 nitrogen and oxygen atoms in total. The second-order valence-corrected chi connectivity index (χ2v) is 13.2. The number of aliphatic hydroxyl groups excluding tert-OH is 2. The fraction of sp³-hybridized carbons (Fsp3) is 0.333. The van der Waals surface area contributed by atoms with Crippen molar-refractivity contribution in [3.63, 3.8) is 0 Å². The Kier molecular flexibility index (Phi) is 13.2. The third-order valence-corrected chi connectivity index (χ3v) is 7.92. The van der Waals surface area contributed by atoms with Gasteiger partial charge in [-0.1, -0.05) is 0 Å². The van der Waals surface area contributed by atoms with E-state index in [1.165, 1.54) is 44.8 Å². The monoisotopic (exact) mass is 648 g/mol. The molecular weight excluding hydrogens is 608 g/mol. The highest BCUT2D eigenvalue weighted by atomic mass is 32.2. The van der Waals surface area contributed by atoms with E-state index in [2.05, 4.69) is 116 Å². The van der Waals surface area contributed by atoms with E-state index in [9.17, 15) is 25.9 Å². The van der Waals surface area contributed by atoms with Crippen molar-refractivity contribution in [2.75, 3.05) is 43.7 Å². The van der Waals surface area contributed by atoms with Crippen LogP contribution in [0.25, 0.3) is 28.9 Å². The fourth-order valence-corrected chi connectivity index (χ4v) is 4.75. The Morgan fingerprint density at radius 3 is 2.02 bits per heavy atom. The number of fused-ring (bicyclic) bond motifs is 1. The Morgan fingerprint density at radius 2 is 1.52 bits per heavy atom. The number of benzene rings is 1. The molecular formula is C30H40N4O8S2. The largest absolute Gasteiger partial charge is 0.748 e. The van der Waals surface area contributed by atoms with Crippen molar-refractivity contribution in [3.8, 4) is 5.82 Å². The molecule has 1 aromatic carbocycles. The van der Waals surface area contributed by atoms with Crippen LogP contribution in [0.4, 0.5) is 5.69 Å². The topological polar surface area (TPSA) is 181 Å². The van der Waals surface area contributed by atoms with Gasteiger partial charge < -0.3 is 24.2 Å². The summed E-state index contributed by atoms with van der Waals surface area (Å²) in [6, 6.07) is 17.4. The Labute approximate surface area is 259 Å². The quantitative estimate of drug-likeness (QED) is 0.211. The second kappa shape index (κ2) is 15.9. The molecule has 0 radical (unpaired) electrons. The number of nitrogens with zero attached hydrogens (tertiary/aromatic N) is 3.